The minimum atomic E-state index is -0.675. The number of aromatic hydroxyl groups is 4. The Balaban J connectivity index is 0.00000263. The van der Waals surface area contributed by atoms with Gasteiger partial charge in [-0.1, -0.05) is 104 Å². The highest BCUT2D eigenvalue weighted by Crippen LogP contribution is 2.50. The largest absolute Gasteiger partial charge is 0.505 e. The first-order valence-electron chi connectivity index (χ1n) is 21.5. The second-order valence-electron chi connectivity index (χ2n) is 16.0. The van der Waals surface area contributed by atoms with Gasteiger partial charge in [0.15, 0.2) is 11.5 Å². The summed E-state index contributed by atoms with van der Waals surface area (Å²) in [6, 6.07) is 41.4. The lowest BCUT2D eigenvalue weighted by atomic mass is 9.86. The molecule has 2 aliphatic carbocycles. The third kappa shape index (κ3) is 7.83. The predicted octanol–water partition coefficient (Wildman–Crippen LogP) is 12.3. The normalized spacial score (nSPS) is 16.9. The van der Waals surface area contributed by atoms with Crippen molar-refractivity contribution in [3.05, 3.63) is 205 Å². The molecular weight excluding hydrogens is 811 g/mol. The summed E-state index contributed by atoms with van der Waals surface area (Å²) >= 11 is 0. The Labute approximate surface area is 378 Å². The van der Waals surface area contributed by atoms with Crippen molar-refractivity contribution in [1.82, 2.24) is 4.57 Å². The zero-order valence-electron chi connectivity index (χ0n) is 36.1. The Kier molecular flexibility index (Phi) is 11.6. The molecule has 5 N–H and O–H groups in total. The van der Waals surface area contributed by atoms with Crippen LogP contribution >= 0.6 is 0 Å². The highest BCUT2D eigenvalue weighted by atomic mass is 16.5. The molecule has 2 unspecified atom stereocenters. The third-order valence-corrected chi connectivity index (χ3v) is 12.3. The van der Waals surface area contributed by atoms with Gasteiger partial charge < -0.3 is 44.6 Å². The topological polar surface area (TPSA) is 122 Å². The van der Waals surface area contributed by atoms with Gasteiger partial charge in [0.05, 0.1) is 17.8 Å². The van der Waals surface area contributed by atoms with Crippen LogP contribution in [0.5, 0.6) is 28.7 Å². The molecule has 324 valence electrons. The summed E-state index contributed by atoms with van der Waals surface area (Å²) in [7, 11) is 2.74. The number of phenolic OH excluding ortho intramolecular Hbond substituents is 4. The first-order valence-corrected chi connectivity index (χ1v) is 21.5. The molecule has 0 bridgehead atoms. The fraction of sp³-hybridized carbons (Fsp3) is 0.107. The molecule has 2 heterocycles. The summed E-state index contributed by atoms with van der Waals surface area (Å²) in [5, 5.41) is 49.7. The summed E-state index contributed by atoms with van der Waals surface area (Å²) in [6.07, 6.45) is 21.9. The lowest BCUT2D eigenvalue weighted by Gasteiger charge is -2.35. The van der Waals surface area contributed by atoms with E-state index in [2.05, 4.69) is 137 Å². The highest BCUT2D eigenvalue weighted by molar-refractivity contribution is 5.96. The Bertz CT molecular complexity index is 3070. The summed E-state index contributed by atoms with van der Waals surface area (Å²) in [5.41, 5.74) is 13.0. The van der Waals surface area contributed by atoms with Crippen molar-refractivity contribution >= 4 is 45.3 Å². The number of phenols is 4. The fourth-order valence-corrected chi connectivity index (χ4v) is 9.19. The van der Waals surface area contributed by atoms with Gasteiger partial charge in [0.1, 0.15) is 17.2 Å². The molecule has 7 aromatic rings. The first-order chi connectivity index (χ1) is 31.7. The number of nitrogens with zero attached hydrogens (tertiary/aromatic N) is 3. The molecule has 0 saturated carbocycles. The van der Waals surface area contributed by atoms with Gasteiger partial charge in [-0.25, -0.2) is 0 Å². The number of likely N-dealkylation sites (N-methyl/N-ethyl adjacent to an activating group) is 1. The quantitative estimate of drug-likeness (QED) is 0.0757. The molecule has 9 nitrogen and oxygen atoms in total. The average molecular weight is 860 g/mol. The number of ether oxygens (including phenoxy) is 1. The molecule has 3 aliphatic rings. The number of aliphatic hydroxyl groups is 1. The number of fused-ring (bicyclic) bond motifs is 4. The predicted molar refractivity (Wildman–Crippen MR) is 263 cm³/mol. The van der Waals surface area contributed by atoms with E-state index in [1.54, 1.807) is 18.2 Å². The lowest BCUT2D eigenvalue weighted by Crippen LogP contribution is -2.35. The molecule has 0 saturated heterocycles. The van der Waals surface area contributed by atoms with Crippen molar-refractivity contribution in [3.63, 3.8) is 0 Å². The van der Waals surface area contributed by atoms with E-state index in [-0.39, 0.29) is 23.4 Å². The number of allylic oxidation sites excluding steroid dienone is 7. The van der Waals surface area contributed by atoms with Crippen molar-refractivity contribution in [2.45, 2.75) is 24.8 Å². The summed E-state index contributed by atoms with van der Waals surface area (Å²) in [5.74, 6) is -1.54. The highest BCUT2D eigenvalue weighted by Gasteiger charge is 2.30. The van der Waals surface area contributed by atoms with Gasteiger partial charge in [-0.05, 0) is 108 Å². The second kappa shape index (κ2) is 17.9. The van der Waals surface area contributed by atoms with E-state index in [9.17, 15) is 20.4 Å². The zero-order valence-corrected chi connectivity index (χ0v) is 36.1. The number of hydrogen-bond donors (Lipinski definition) is 5. The standard InChI is InChI=1S/C55H45N3O5.CH4O/c1-35-12-10-11-31-63-52-30-28-42(33-45(35)52)57(39-13-4-3-5-14-39)40-24-26-41(27-25-40)58-48-18-9-7-16-44(48)46-32-38(23-29-49(46)58)36-19-21-37(22-20-36)43-15-6-8-17-47(43)56(2)53-50(59)34-51(60)54(61)55(53)62;1-2/h3-8,10-17,19-34,43,47,59-62H,1,9,18H2,2H3;2H,1H3/b12-10-,31-11-;. The smallest absolute Gasteiger partial charge is 0.202 e. The van der Waals surface area contributed by atoms with Crippen LogP contribution in [0.3, 0.4) is 0 Å². The molecule has 10 rings (SSSR count). The van der Waals surface area contributed by atoms with Crippen molar-refractivity contribution in [2.75, 3.05) is 24.0 Å². The molecule has 65 heavy (non-hydrogen) atoms. The van der Waals surface area contributed by atoms with E-state index in [0.717, 1.165) is 87.9 Å². The second-order valence-corrected chi connectivity index (χ2v) is 16.0. The molecule has 0 spiro atoms. The van der Waals surface area contributed by atoms with E-state index in [4.69, 9.17) is 9.84 Å². The van der Waals surface area contributed by atoms with Crippen LogP contribution in [0.4, 0.5) is 22.7 Å². The van der Waals surface area contributed by atoms with Crippen molar-refractivity contribution in [3.8, 4) is 45.6 Å². The van der Waals surface area contributed by atoms with E-state index in [1.165, 1.54) is 16.6 Å². The Morgan fingerprint density at radius 3 is 2.18 bits per heavy atom. The molecular formula is C56H49N3O6. The van der Waals surface area contributed by atoms with E-state index >= 15 is 0 Å². The van der Waals surface area contributed by atoms with Crippen LogP contribution in [0, 0.1) is 0 Å². The number of benzene rings is 6. The van der Waals surface area contributed by atoms with Crippen LogP contribution < -0.4 is 14.5 Å². The maximum absolute atomic E-state index is 10.7. The Morgan fingerprint density at radius 2 is 1.40 bits per heavy atom. The minimum absolute atomic E-state index is 0.0364. The Morgan fingerprint density at radius 1 is 0.677 bits per heavy atom. The first kappa shape index (κ1) is 42.2. The molecule has 2 atom stereocenters. The number of para-hydroxylation sites is 1. The summed E-state index contributed by atoms with van der Waals surface area (Å²) in [6.45, 7) is 4.31. The van der Waals surface area contributed by atoms with E-state index in [1.807, 2.05) is 48.6 Å². The van der Waals surface area contributed by atoms with Crippen LogP contribution in [0.1, 0.15) is 34.7 Å². The minimum Gasteiger partial charge on any atom is -0.505 e. The van der Waals surface area contributed by atoms with Crippen molar-refractivity contribution in [1.29, 1.82) is 0 Å². The van der Waals surface area contributed by atoms with E-state index in [0.29, 0.717) is 0 Å². The fourth-order valence-electron chi connectivity index (χ4n) is 9.19. The Hall–Kier alpha value is -8.14. The van der Waals surface area contributed by atoms with Gasteiger partial charge in [-0.3, -0.25) is 0 Å². The van der Waals surface area contributed by atoms with Gasteiger partial charge in [0, 0.05) is 71.1 Å². The van der Waals surface area contributed by atoms with Gasteiger partial charge in [0.25, 0.3) is 0 Å². The number of rotatable bonds is 8. The maximum Gasteiger partial charge on any atom is 0.202 e. The number of aromatic nitrogens is 1. The monoisotopic (exact) mass is 859 g/mol. The SMILES string of the molecule is C=C1/C=C\C=C/Oc2ccc(N(c3ccccc3)c3ccc(-n4c5c(c6cc(-c7ccc(C8C=CC=CC8N(C)c8c(O)cc(O)c(O)c8O)cc7)ccc64)C=CCC5)cc3)cc21.CO. The number of hydrogen-bond acceptors (Lipinski definition) is 8. The third-order valence-electron chi connectivity index (χ3n) is 12.3. The molecule has 0 radical (unpaired) electrons. The molecule has 9 heteroatoms. The van der Waals surface area contributed by atoms with Crippen LogP contribution in [0.15, 0.2) is 183 Å². The number of aliphatic hydroxyl groups excluding tert-OH is 1. The van der Waals surface area contributed by atoms with E-state index < -0.39 is 17.2 Å². The van der Waals surface area contributed by atoms with Gasteiger partial charge in [0.2, 0.25) is 5.75 Å². The maximum atomic E-state index is 10.7. The van der Waals surface area contributed by atoms with Crippen LogP contribution in [0.2, 0.25) is 0 Å². The summed E-state index contributed by atoms with van der Waals surface area (Å²) in [4.78, 5) is 3.97. The number of anilines is 4. The molecule has 1 aromatic heterocycles. The van der Waals surface area contributed by atoms with Gasteiger partial charge >= 0.3 is 0 Å². The van der Waals surface area contributed by atoms with Crippen LogP contribution in [0.25, 0.3) is 39.4 Å². The molecule has 0 amide bonds. The van der Waals surface area contributed by atoms with Gasteiger partial charge in [-0.2, -0.15) is 0 Å². The molecule has 1 aliphatic heterocycles. The van der Waals surface area contributed by atoms with Crippen LogP contribution in [-0.2, 0) is 6.42 Å². The molecule has 6 aromatic carbocycles. The van der Waals surface area contributed by atoms with Crippen LogP contribution in [-0.4, -0.2) is 50.3 Å². The summed E-state index contributed by atoms with van der Waals surface area (Å²) < 4.78 is 8.34. The molecule has 0 fully saturated rings. The zero-order chi connectivity index (χ0) is 45.2. The van der Waals surface area contributed by atoms with Crippen molar-refractivity contribution < 1.29 is 30.3 Å². The average Bonchev–Trinajstić information content (AvgIpc) is 3.68. The van der Waals surface area contributed by atoms with Gasteiger partial charge in [-0.15, -0.1) is 0 Å². The lowest BCUT2D eigenvalue weighted by molar-refractivity contribution is 0.360. The van der Waals surface area contributed by atoms with Crippen molar-refractivity contribution in [2.24, 2.45) is 0 Å².